The first-order valence-corrected chi connectivity index (χ1v) is 7.07. The molecule has 0 atom stereocenters. The first-order chi connectivity index (χ1) is 10.3. The summed E-state index contributed by atoms with van der Waals surface area (Å²) in [4.78, 5) is 0. The molecule has 0 radical (unpaired) electrons. The monoisotopic (exact) mass is 314 g/mol. The van der Waals surface area contributed by atoms with Gasteiger partial charge in [-0.25, -0.2) is 0 Å². The van der Waals surface area contributed by atoms with E-state index in [0.717, 1.165) is 11.1 Å². The average molecular weight is 315 g/mol. The summed E-state index contributed by atoms with van der Waals surface area (Å²) in [5.74, 6) is 0.554. The van der Waals surface area contributed by atoms with E-state index >= 15 is 0 Å². The molecule has 4 nitrogen and oxygen atoms in total. The number of halogens is 1. The molecule has 2 aromatic carbocycles. The molecule has 21 heavy (non-hydrogen) atoms. The molecule has 0 aliphatic rings. The average Bonchev–Trinajstić information content (AvgIpc) is 2.88. The largest absolute Gasteiger partial charge is 0.209 e. The van der Waals surface area contributed by atoms with Crippen LogP contribution in [0.1, 0.15) is 5.56 Å². The van der Waals surface area contributed by atoms with E-state index in [1.807, 2.05) is 48.5 Å². The van der Waals surface area contributed by atoms with Crippen LogP contribution < -0.4 is 0 Å². The van der Waals surface area contributed by atoms with Gasteiger partial charge in [-0.15, -0.1) is 22.8 Å². The highest BCUT2D eigenvalue weighted by atomic mass is 35.5. The van der Waals surface area contributed by atoms with E-state index in [9.17, 15) is 0 Å². The van der Waals surface area contributed by atoms with Gasteiger partial charge in [0.25, 0.3) is 0 Å². The van der Waals surface area contributed by atoms with Crippen molar-refractivity contribution in [3.8, 4) is 11.4 Å². The molecule has 3 rings (SSSR count). The van der Waals surface area contributed by atoms with E-state index in [-0.39, 0.29) is 0 Å². The van der Waals surface area contributed by atoms with Gasteiger partial charge in [-0.3, -0.25) is 0 Å². The molecule has 0 fully saturated rings. The van der Waals surface area contributed by atoms with Crippen molar-refractivity contribution >= 4 is 30.4 Å². The maximum absolute atomic E-state index is 6.20. The lowest BCUT2D eigenvalue weighted by molar-refractivity contribution is 0.776. The molecule has 0 N–H and O–H groups in total. The fourth-order valence-electron chi connectivity index (χ4n) is 1.85. The molecule has 0 amide bonds. The minimum Gasteiger partial charge on any atom is -0.187 e. The molecular weight excluding hydrogens is 304 g/mol. The fraction of sp³-hybridized carbons (Fsp3) is 0. The molecule has 0 saturated carbocycles. The quantitative estimate of drug-likeness (QED) is 0.590. The van der Waals surface area contributed by atoms with Crippen LogP contribution in [0.15, 0.2) is 64.9 Å². The third kappa shape index (κ3) is 2.99. The van der Waals surface area contributed by atoms with E-state index in [1.54, 1.807) is 17.0 Å². The summed E-state index contributed by atoms with van der Waals surface area (Å²) in [5.41, 5.74) is 1.74. The van der Waals surface area contributed by atoms with Crippen molar-refractivity contribution in [3.63, 3.8) is 0 Å². The highest BCUT2D eigenvalue weighted by Crippen LogP contribution is 2.27. The molecular formula is C15H11ClN4S. The molecule has 0 bridgehead atoms. The topological polar surface area (TPSA) is 43.1 Å². The molecule has 104 valence electrons. The van der Waals surface area contributed by atoms with E-state index in [1.165, 1.54) is 0 Å². The Bertz CT molecular complexity index is 783. The van der Waals surface area contributed by atoms with Gasteiger partial charge >= 0.3 is 0 Å². The van der Waals surface area contributed by atoms with Crippen LogP contribution in [0.25, 0.3) is 11.4 Å². The summed E-state index contributed by atoms with van der Waals surface area (Å²) in [6, 6.07) is 17.2. The molecule has 6 heteroatoms. The zero-order valence-electron chi connectivity index (χ0n) is 10.9. The smallest absolute Gasteiger partial charge is 0.187 e. The van der Waals surface area contributed by atoms with Crippen LogP contribution in [-0.2, 0) is 0 Å². The fourth-order valence-corrected chi connectivity index (χ4v) is 2.26. The standard InChI is InChI=1S/C15H11ClN4S/c16-13-9-5-4-8-12(13)14-18-19-15(21)20(14)17-10-11-6-2-1-3-7-11/h1-10H,(H,19,21)/b17-10+. The SMILES string of the molecule is Sc1nnc(-c2ccccc2Cl)n1/N=C/c1ccccc1. The van der Waals surface area contributed by atoms with Crippen molar-refractivity contribution in [2.45, 2.75) is 5.16 Å². The van der Waals surface area contributed by atoms with Gasteiger partial charge in [0.2, 0.25) is 5.16 Å². The van der Waals surface area contributed by atoms with Gasteiger partial charge in [0.15, 0.2) is 5.82 Å². The minimum absolute atomic E-state index is 0.400. The van der Waals surface area contributed by atoms with Crippen molar-refractivity contribution in [1.82, 2.24) is 14.9 Å². The Morgan fingerprint density at radius 1 is 1.00 bits per heavy atom. The highest BCUT2D eigenvalue weighted by Gasteiger charge is 2.13. The molecule has 1 heterocycles. The van der Waals surface area contributed by atoms with Crippen LogP contribution in [0.5, 0.6) is 0 Å². The zero-order chi connectivity index (χ0) is 14.7. The second kappa shape index (κ2) is 6.11. The number of hydrogen-bond donors (Lipinski definition) is 1. The number of hydrogen-bond acceptors (Lipinski definition) is 4. The summed E-state index contributed by atoms with van der Waals surface area (Å²) in [5, 5.41) is 13.4. The molecule has 3 aromatic rings. The Morgan fingerprint density at radius 2 is 1.71 bits per heavy atom. The summed E-state index contributed by atoms with van der Waals surface area (Å²) in [7, 11) is 0. The third-order valence-corrected chi connectivity index (χ3v) is 3.47. The number of aromatic nitrogens is 3. The van der Waals surface area contributed by atoms with Crippen LogP contribution in [0, 0.1) is 0 Å². The minimum atomic E-state index is 0.400. The first kappa shape index (κ1) is 13.9. The first-order valence-electron chi connectivity index (χ1n) is 6.24. The van der Waals surface area contributed by atoms with Gasteiger partial charge in [0.1, 0.15) is 0 Å². The Morgan fingerprint density at radius 3 is 2.48 bits per heavy atom. The molecule has 0 aliphatic carbocycles. The maximum atomic E-state index is 6.20. The predicted molar refractivity (Wildman–Crippen MR) is 87.2 cm³/mol. The predicted octanol–water partition coefficient (Wildman–Crippen LogP) is 3.77. The summed E-state index contributed by atoms with van der Waals surface area (Å²) < 4.78 is 1.55. The van der Waals surface area contributed by atoms with Gasteiger partial charge in [-0.05, 0) is 17.7 Å². The number of rotatable bonds is 3. The molecule has 0 aliphatic heterocycles. The summed E-state index contributed by atoms with van der Waals surface area (Å²) in [6.07, 6.45) is 1.73. The van der Waals surface area contributed by atoms with Crippen molar-refractivity contribution in [2.75, 3.05) is 0 Å². The van der Waals surface area contributed by atoms with Gasteiger partial charge in [-0.1, -0.05) is 54.1 Å². The van der Waals surface area contributed by atoms with E-state index in [4.69, 9.17) is 11.6 Å². The van der Waals surface area contributed by atoms with E-state index in [2.05, 4.69) is 27.9 Å². The van der Waals surface area contributed by atoms with E-state index < -0.39 is 0 Å². The van der Waals surface area contributed by atoms with Gasteiger partial charge < -0.3 is 0 Å². The number of nitrogens with zero attached hydrogens (tertiary/aromatic N) is 4. The Labute approximate surface area is 132 Å². The second-order valence-electron chi connectivity index (χ2n) is 4.27. The van der Waals surface area contributed by atoms with Crippen molar-refractivity contribution in [2.24, 2.45) is 5.10 Å². The lowest BCUT2D eigenvalue weighted by Crippen LogP contribution is -1.96. The Hall–Kier alpha value is -2.11. The maximum Gasteiger partial charge on any atom is 0.209 e. The van der Waals surface area contributed by atoms with Crippen LogP contribution in [-0.4, -0.2) is 21.1 Å². The normalized spacial score (nSPS) is 11.1. The third-order valence-electron chi connectivity index (χ3n) is 2.86. The Balaban J connectivity index is 2.02. The highest BCUT2D eigenvalue weighted by molar-refractivity contribution is 7.80. The van der Waals surface area contributed by atoms with Gasteiger partial charge in [-0.2, -0.15) is 9.78 Å². The molecule has 0 saturated heterocycles. The summed E-state index contributed by atoms with van der Waals surface area (Å²) in [6.45, 7) is 0. The molecule has 0 spiro atoms. The lowest BCUT2D eigenvalue weighted by atomic mass is 10.2. The van der Waals surface area contributed by atoms with Gasteiger partial charge in [0.05, 0.1) is 11.2 Å². The molecule has 1 aromatic heterocycles. The number of benzene rings is 2. The lowest BCUT2D eigenvalue weighted by Gasteiger charge is -2.03. The Kier molecular flexibility index (Phi) is 4.03. The molecule has 0 unspecified atom stereocenters. The van der Waals surface area contributed by atoms with Crippen molar-refractivity contribution in [1.29, 1.82) is 0 Å². The van der Waals surface area contributed by atoms with Crippen LogP contribution in [0.4, 0.5) is 0 Å². The van der Waals surface area contributed by atoms with Crippen molar-refractivity contribution in [3.05, 3.63) is 65.2 Å². The van der Waals surface area contributed by atoms with E-state index in [0.29, 0.717) is 16.0 Å². The number of thiol groups is 1. The van der Waals surface area contributed by atoms with Crippen molar-refractivity contribution < 1.29 is 0 Å². The van der Waals surface area contributed by atoms with Gasteiger partial charge in [0, 0.05) is 5.56 Å². The van der Waals surface area contributed by atoms with Crippen LogP contribution >= 0.6 is 24.2 Å². The summed E-state index contributed by atoms with van der Waals surface area (Å²) >= 11 is 10.5. The second-order valence-corrected chi connectivity index (χ2v) is 5.08. The van der Waals surface area contributed by atoms with Crippen LogP contribution in [0.2, 0.25) is 5.02 Å². The zero-order valence-corrected chi connectivity index (χ0v) is 12.5. The van der Waals surface area contributed by atoms with Crippen LogP contribution in [0.3, 0.4) is 0 Å².